The van der Waals surface area contributed by atoms with Crippen LogP contribution in [0.3, 0.4) is 0 Å². The number of anilines is 1. The van der Waals surface area contributed by atoms with Gasteiger partial charge in [0.1, 0.15) is 10.7 Å². The van der Waals surface area contributed by atoms with Crippen LogP contribution in [0.5, 0.6) is 0 Å². The molecule has 4 aromatic rings. The van der Waals surface area contributed by atoms with E-state index >= 15 is 0 Å². The minimum Gasteiger partial charge on any atom is -0.326 e. The van der Waals surface area contributed by atoms with Gasteiger partial charge in [-0.15, -0.1) is 11.8 Å². The molecule has 31 heavy (non-hydrogen) atoms. The maximum absolute atomic E-state index is 12.5. The molecule has 5 rings (SSSR count). The number of aromatic nitrogens is 4. The minimum absolute atomic E-state index is 0.0702. The second-order valence-electron chi connectivity index (χ2n) is 7.36. The summed E-state index contributed by atoms with van der Waals surface area (Å²) in [6, 6.07) is 15.7. The third-order valence-corrected chi connectivity index (χ3v) is 6.32. The largest absolute Gasteiger partial charge is 0.326 e. The molecule has 1 amide bonds. The van der Waals surface area contributed by atoms with Crippen molar-refractivity contribution in [3.05, 3.63) is 78.9 Å². The van der Waals surface area contributed by atoms with Crippen LogP contribution in [0.25, 0.3) is 22.4 Å². The second kappa shape index (κ2) is 8.73. The molecule has 0 unspecified atom stereocenters. The molecule has 154 valence electrons. The number of fused-ring (bicyclic) bond motifs is 1. The van der Waals surface area contributed by atoms with Gasteiger partial charge in [0.05, 0.1) is 6.42 Å². The van der Waals surface area contributed by atoms with Crippen molar-refractivity contribution in [2.45, 2.75) is 24.4 Å². The zero-order valence-electron chi connectivity index (χ0n) is 16.9. The molecule has 0 spiro atoms. The van der Waals surface area contributed by atoms with E-state index in [-0.39, 0.29) is 12.3 Å². The molecule has 3 aromatic heterocycles. The maximum Gasteiger partial charge on any atom is 0.228 e. The summed E-state index contributed by atoms with van der Waals surface area (Å²) >= 11 is 1.85. The van der Waals surface area contributed by atoms with Crippen LogP contribution in [-0.2, 0) is 17.8 Å². The first-order valence-electron chi connectivity index (χ1n) is 10.2. The standard InChI is InChI=1S/C24H21N5OS/c30-21(14-17-4-2-9-26-16-17)27-20-6-1-5-19(15-20)23-22(18-7-10-25-11-8-18)24-29(28-23)12-3-13-31-24/h1-2,4-11,15-16H,3,12-14H2,(H,27,30). The zero-order valence-corrected chi connectivity index (χ0v) is 17.7. The van der Waals surface area contributed by atoms with E-state index < -0.39 is 0 Å². The third-order valence-electron chi connectivity index (χ3n) is 5.14. The fourth-order valence-corrected chi connectivity index (χ4v) is 4.85. The Balaban J connectivity index is 1.47. The summed E-state index contributed by atoms with van der Waals surface area (Å²) in [5.74, 6) is 1.02. The van der Waals surface area contributed by atoms with Crippen molar-refractivity contribution in [2.24, 2.45) is 0 Å². The van der Waals surface area contributed by atoms with Crippen LogP contribution >= 0.6 is 11.8 Å². The number of carbonyl (C=O) groups excluding carboxylic acids is 1. The molecule has 0 saturated heterocycles. The van der Waals surface area contributed by atoms with Gasteiger partial charge in [-0.05, 0) is 47.9 Å². The van der Waals surface area contributed by atoms with Crippen LogP contribution in [0.15, 0.2) is 78.3 Å². The molecule has 0 fully saturated rings. The molecule has 1 aliphatic heterocycles. The quantitative estimate of drug-likeness (QED) is 0.500. The lowest BCUT2D eigenvalue weighted by molar-refractivity contribution is -0.115. The Morgan fingerprint density at radius 3 is 2.77 bits per heavy atom. The zero-order chi connectivity index (χ0) is 21.0. The first kappa shape index (κ1) is 19.5. The summed E-state index contributed by atoms with van der Waals surface area (Å²) in [5, 5.41) is 9.14. The summed E-state index contributed by atoms with van der Waals surface area (Å²) in [5.41, 5.74) is 5.78. The second-order valence-corrected chi connectivity index (χ2v) is 8.44. The lowest BCUT2D eigenvalue weighted by Gasteiger charge is -2.14. The van der Waals surface area contributed by atoms with Gasteiger partial charge in [0.2, 0.25) is 5.91 Å². The Morgan fingerprint density at radius 2 is 1.94 bits per heavy atom. The molecule has 0 saturated carbocycles. The number of hydrogen-bond acceptors (Lipinski definition) is 5. The summed E-state index contributed by atoms with van der Waals surface area (Å²) < 4.78 is 2.10. The highest BCUT2D eigenvalue weighted by molar-refractivity contribution is 7.99. The first-order chi connectivity index (χ1) is 15.3. The topological polar surface area (TPSA) is 72.7 Å². The van der Waals surface area contributed by atoms with E-state index in [4.69, 9.17) is 5.10 Å². The highest BCUT2D eigenvalue weighted by Crippen LogP contribution is 2.41. The monoisotopic (exact) mass is 427 g/mol. The molecule has 0 bridgehead atoms. The maximum atomic E-state index is 12.5. The van der Waals surface area contributed by atoms with Crippen molar-refractivity contribution in [2.75, 3.05) is 11.1 Å². The number of thioether (sulfide) groups is 1. The molecule has 0 atom stereocenters. The van der Waals surface area contributed by atoms with E-state index in [0.29, 0.717) is 0 Å². The van der Waals surface area contributed by atoms with Gasteiger partial charge in [0.25, 0.3) is 0 Å². The van der Waals surface area contributed by atoms with Crippen LogP contribution in [0, 0.1) is 0 Å². The number of amides is 1. The summed E-state index contributed by atoms with van der Waals surface area (Å²) in [6.45, 7) is 0.919. The Labute approximate surface area is 184 Å². The van der Waals surface area contributed by atoms with Crippen molar-refractivity contribution in [1.29, 1.82) is 0 Å². The van der Waals surface area contributed by atoms with Gasteiger partial charge in [-0.1, -0.05) is 18.2 Å². The molecule has 4 heterocycles. The van der Waals surface area contributed by atoms with Gasteiger partial charge in [-0.3, -0.25) is 19.4 Å². The highest BCUT2D eigenvalue weighted by Gasteiger charge is 2.23. The average Bonchev–Trinajstić information content (AvgIpc) is 3.20. The normalized spacial score (nSPS) is 12.9. The number of carbonyl (C=O) groups is 1. The van der Waals surface area contributed by atoms with E-state index in [0.717, 1.165) is 52.4 Å². The van der Waals surface area contributed by atoms with E-state index in [9.17, 15) is 4.79 Å². The predicted molar refractivity (Wildman–Crippen MR) is 123 cm³/mol. The SMILES string of the molecule is O=C(Cc1cccnc1)Nc1cccc(-c2nn3c(c2-c2ccncc2)SCCC3)c1. The Kier molecular flexibility index (Phi) is 5.50. The number of pyridine rings is 2. The number of rotatable bonds is 5. The molecule has 0 aliphatic carbocycles. The van der Waals surface area contributed by atoms with E-state index in [1.165, 1.54) is 5.03 Å². The van der Waals surface area contributed by atoms with Gasteiger partial charge in [0, 0.05) is 53.9 Å². The smallest absolute Gasteiger partial charge is 0.228 e. The number of benzene rings is 1. The molecule has 6 nitrogen and oxygen atoms in total. The molecule has 1 N–H and O–H groups in total. The summed E-state index contributed by atoms with van der Waals surface area (Å²) in [6.07, 6.45) is 8.44. The van der Waals surface area contributed by atoms with Gasteiger partial charge < -0.3 is 5.32 Å². The number of nitrogens with one attached hydrogen (secondary N) is 1. The van der Waals surface area contributed by atoms with Gasteiger partial charge in [-0.25, -0.2) is 0 Å². The van der Waals surface area contributed by atoms with E-state index in [1.807, 2.05) is 72.7 Å². The Hall–Kier alpha value is -3.45. The molecule has 7 heteroatoms. The van der Waals surface area contributed by atoms with Gasteiger partial charge >= 0.3 is 0 Å². The van der Waals surface area contributed by atoms with Crippen LogP contribution in [0.1, 0.15) is 12.0 Å². The van der Waals surface area contributed by atoms with Gasteiger partial charge in [-0.2, -0.15) is 5.10 Å². The molecular formula is C24H21N5OS. The summed E-state index contributed by atoms with van der Waals surface area (Å²) in [7, 11) is 0. The lowest BCUT2D eigenvalue weighted by atomic mass is 10.0. The lowest BCUT2D eigenvalue weighted by Crippen LogP contribution is -2.14. The van der Waals surface area contributed by atoms with Gasteiger partial charge in [0.15, 0.2) is 0 Å². The van der Waals surface area contributed by atoms with E-state index in [2.05, 4.69) is 20.0 Å². The van der Waals surface area contributed by atoms with Crippen molar-refractivity contribution in [3.8, 4) is 22.4 Å². The highest BCUT2D eigenvalue weighted by atomic mass is 32.2. The van der Waals surface area contributed by atoms with Crippen LogP contribution in [0.2, 0.25) is 0 Å². The predicted octanol–water partition coefficient (Wildman–Crippen LogP) is 4.68. The average molecular weight is 428 g/mol. The van der Waals surface area contributed by atoms with Crippen molar-refractivity contribution in [3.63, 3.8) is 0 Å². The summed E-state index contributed by atoms with van der Waals surface area (Å²) in [4.78, 5) is 20.7. The molecule has 1 aromatic carbocycles. The number of aryl methyl sites for hydroxylation is 1. The van der Waals surface area contributed by atoms with Crippen LogP contribution in [0.4, 0.5) is 5.69 Å². The van der Waals surface area contributed by atoms with Crippen molar-refractivity contribution in [1.82, 2.24) is 19.7 Å². The fourth-order valence-electron chi connectivity index (χ4n) is 3.75. The Morgan fingerprint density at radius 1 is 1.03 bits per heavy atom. The third kappa shape index (κ3) is 4.22. The van der Waals surface area contributed by atoms with Crippen molar-refractivity contribution >= 4 is 23.4 Å². The fraction of sp³-hybridized carbons (Fsp3) is 0.167. The van der Waals surface area contributed by atoms with Crippen LogP contribution < -0.4 is 5.32 Å². The molecular weight excluding hydrogens is 406 g/mol. The van der Waals surface area contributed by atoms with E-state index in [1.54, 1.807) is 12.4 Å². The minimum atomic E-state index is -0.0702. The first-order valence-corrected chi connectivity index (χ1v) is 11.2. The molecule has 0 radical (unpaired) electrons. The van der Waals surface area contributed by atoms with Crippen molar-refractivity contribution < 1.29 is 4.79 Å². The van der Waals surface area contributed by atoms with Crippen LogP contribution in [-0.4, -0.2) is 31.4 Å². The molecule has 1 aliphatic rings. The number of nitrogens with zero attached hydrogens (tertiary/aromatic N) is 4. The number of hydrogen-bond donors (Lipinski definition) is 1. The Bertz CT molecular complexity index is 1210.